The van der Waals surface area contributed by atoms with Crippen molar-refractivity contribution in [1.82, 2.24) is 4.90 Å². The van der Waals surface area contributed by atoms with Gasteiger partial charge in [-0.15, -0.1) is 0 Å². The van der Waals surface area contributed by atoms with E-state index in [0.29, 0.717) is 35.8 Å². The third kappa shape index (κ3) is 4.54. The van der Waals surface area contributed by atoms with Gasteiger partial charge in [0.1, 0.15) is 29.5 Å². The number of piperidine rings is 1. The van der Waals surface area contributed by atoms with E-state index in [-0.39, 0.29) is 18.2 Å². The molecule has 29 heavy (non-hydrogen) atoms. The van der Waals surface area contributed by atoms with E-state index in [9.17, 15) is 14.3 Å². The highest BCUT2D eigenvalue weighted by molar-refractivity contribution is 5.97. The lowest BCUT2D eigenvalue weighted by Crippen LogP contribution is -2.51. The first-order chi connectivity index (χ1) is 14.0. The molecule has 7 nitrogen and oxygen atoms in total. The highest BCUT2D eigenvalue weighted by Crippen LogP contribution is 2.31. The molecule has 1 amide bonds. The Morgan fingerprint density at radius 3 is 2.45 bits per heavy atom. The number of likely N-dealkylation sites (tertiary alicyclic amines) is 1. The zero-order valence-corrected chi connectivity index (χ0v) is 16.6. The van der Waals surface area contributed by atoms with Gasteiger partial charge in [0.25, 0.3) is 5.91 Å². The number of carbonyl (C=O) groups excluding carboxylic acids is 1. The normalized spacial score (nSPS) is 18.9. The van der Waals surface area contributed by atoms with E-state index in [4.69, 9.17) is 18.9 Å². The van der Waals surface area contributed by atoms with Gasteiger partial charge in [0, 0.05) is 25.1 Å². The molecule has 0 aliphatic carbocycles. The molecule has 1 aliphatic rings. The van der Waals surface area contributed by atoms with E-state index >= 15 is 0 Å². The molecule has 0 saturated carbocycles. The summed E-state index contributed by atoms with van der Waals surface area (Å²) in [6, 6.07) is 8.90. The van der Waals surface area contributed by atoms with E-state index in [1.165, 1.54) is 39.5 Å². The first-order valence-corrected chi connectivity index (χ1v) is 9.16. The molecule has 1 fully saturated rings. The van der Waals surface area contributed by atoms with Gasteiger partial charge in [-0.1, -0.05) is 0 Å². The Bertz CT molecular complexity index is 874. The highest BCUT2D eigenvalue weighted by Gasteiger charge is 2.33. The molecule has 1 aliphatic heterocycles. The summed E-state index contributed by atoms with van der Waals surface area (Å²) >= 11 is 0. The topological polar surface area (TPSA) is 77.5 Å². The zero-order valence-electron chi connectivity index (χ0n) is 16.6. The van der Waals surface area contributed by atoms with Crippen molar-refractivity contribution in [1.29, 1.82) is 0 Å². The van der Waals surface area contributed by atoms with E-state index < -0.39 is 18.0 Å². The molecule has 0 unspecified atom stereocenters. The molecule has 0 bridgehead atoms. The summed E-state index contributed by atoms with van der Waals surface area (Å²) in [5.74, 6) is 0.884. The maximum atomic E-state index is 13.4. The van der Waals surface area contributed by atoms with Crippen LogP contribution in [0.2, 0.25) is 0 Å². The number of β-amino-alcohol motifs (C(OH)–C–C–N with tert-alkyl or cyclic N) is 1. The maximum Gasteiger partial charge on any atom is 0.257 e. The van der Waals surface area contributed by atoms with Gasteiger partial charge >= 0.3 is 0 Å². The summed E-state index contributed by atoms with van der Waals surface area (Å²) in [6.07, 6.45) is -1.05. The van der Waals surface area contributed by atoms with Crippen LogP contribution in [0.5, 0.6) is 23.0 Å². The minimum absolute atomic E-state index is 0.0994. The summed E-state index contributed by atoms with van der Waals surface area (Å²) in [7, 11) is 4.44. The Kier molecular flexibility index (Phi) is 6.43. The van der Waals surface area contributed by atoms with E-state index in [0.717, 1.165) is 0 Å². The minimum atomic E-state index is -0.910. The van der Waals surface area contributed by atoms with Crippen molar-refractivity contribution in [3.63, 3.8) is 0 Å². The van der Waals surface area contributed by atoms with Crippen molar-refractivity contribution in [3.8, 4) is 23.0 Å². The van der Waals surface area contributed by atoms with Crippen LogP contribution in [-0.2, 0) is 0 Å². The highest BCUT2D eigenvalue weighted by atomic mass is 19.1. The summed E-state index contributed by atoms with van der Waals surface area (Å²) in [5.41, 5.74) is 0.389. The van der Waals surface area contributed by atoms with Crippen LogP contribution in [-0.4, -0.2) is 62.5 Å². The average Bonchev–Trinajstić information content (AvgIpc) is 2.75. The van der Waals surface area contributed by atoms with Crippen LogP contribution in [0.1, 0.15) is 16.8 Å². The minimum Gasteiger partial charge on any atom is -0.497 e. The molecule has 8 heteroatoms. The van der Waals surface area contributed by atoms with Gasteiger partial charge in [-0.05, 0) is 24.3 Å². The largest absolute Gasteiger partial charge is 0.497 e. The molecule has 1 saturated heterocycles. The zero-order chi connectivity index (χ0) is 21.0. The number of benzene rings is 2. The van der Waals surface area contributed by atoms with Crippen LogP contribution in [0, 0.1) is 5.82 Å². The molecule has 2 aromatic rings. The molecule has 0 radical (unpaired) electrons. The van der Waals surface area contributed by atoms with Gasteiger partial charge in [-0.3, -0.25) is 4.79 Å². The molecule has 1 N–H and O–H groups in total. The summed E-state index contributed by atoms with van der Waals surface area (Å²) < 4.78 is 34.8. The number of aliphatic hydroxyl groups excluding tert-OH is 1. The molecule has 156 valence electrons. The second kappa shape index (κ2) is 9.00. The van der Waals surface area contributed by atoms with Gasteiger partial charge in [0.05, 0.1) is 33.4 Å². The molecule has 1 heterocycles. The molecule has 3 rings (SSSR count). The summed E-state index contributed by atoms with van der Waals surface area (Å²) in [4.78, 5) is 14.5. The van der Waals surface area contributed by atoms with Gasteiger partial charge in [0.2, 0.25) is 0 Å². The van der Waals surface area contributed by atoms with Crippen LogP contribution >= 0.6 is 0 Å². The number of carbonyl (C=O) groups is 1. The molecule has 0 aromatic heterocycles. The summed E-state index contributed by atoms with van der Waals surface area (Å²) in [5, 5.41) is 10.5. The van der Waals surface area contributed by atoms with Crippen molar-refractivity contribution >= 4 is 5.91 Å². The first-order valence-electron chi connectivity index (χ1n) is 9.16. The number of nitrogens with zero attached hydrogens (tertiary/aromatic N) is 1. The van der Waals surface area contributed by atoms with Crippen molar-refractivity contribution in [2.24, 2.45) is 0 Å². The van der Waals surface area contributed by atoms with E-state index in [2.05, 4.69) is 0 Å². The Morgan fingerprint density at radius 1 is 1.03 bits per heavy atom. The van der Waals surface area contributed by atoms with Gasteiger partial charge < -0.3 is 29.0 Å². The fourth-order valence-electron chi connectivity index (χ4n) is 3.28. The van der Waals surface area contributed by atoms with Crippen LogP contribution in [0.25, 0.3) is 0 Å². The first kappa shape index (κ1) is 20.7. The molecular weight excluding hydrogens is 381 g/mol. The number of ether oxygens (including phenoxy) is 4. The lowest BCUT2D eigenvalue weighted by Gasteiger charge is -2.36. The van der Waals surface area contributed by atoms with Crippen molar-refractivity contribution in [2.45, 2.75) is 18.6 Å². The predicted octanol–water partition coefficient (Wildman–Crippen LogP) is 2.51. The smallest absolute Gasteiger partial charge is 0.257 e. The number of halogens is 1. The predicted molar refractivity (Wildman–Crippen MR) is 103 cm³/mol. The van der Waals surface area contributed by atoms with Crippen molar-refractivity contribution < 1.29 is 33.2 Å². The third-order valence-corrected chi connectivity index (χ3v) is 4.85. The average molecular weight is 405 g/mol. The fourth-order valence-corrected chi connectivity index (χ4v) is 3.28. The number of aliphatic hydroxyl groups is 1. The van der Waals surface area contributed by atoms with E-state index in [1.807, 2.05) is 0 Å². The van der Waals surface area contributed by atoms with Crippen LogP contribution in [0.3, 0.4) is 0 Å². The Morgan fingerprint density at radius 2 is 1.79 bits per heavy atom. The number of hydrogen-bond acceptors (Lipinski definition) is 6. The third-order valence-electron chi connectivity index (χ3n) is 4.85. The monoisotopic (exact) mass is 405 g/mol. The molecular formula is C21H24FNO6. The molecule has 0 spiro atoms. The Labute approximate surface area is 168 Å². The second-order valence-corrected chi connectivity index (χ2v) is 6.62. The quantitative estimate of drug-likeness (QED) is 0.796. The van der Waals surface area contributed by atoms with Crippen molar-refractivity contribution in [2.75, 3.05) is 34.4 Å². The van der Waals surface area contributed by atoms with Gasteiger partial charge in [-0.25, -0.2) is 4.39 Å². The number of amides is 1. The van der Waals surface area contributed by atoms with Crippen LogP contribution in [0.4, 0.5) is 4.39 Å². The lowest BCUT2D eigenvalue weighted by molar-refractivity contribution is -0.0208. The maximum absolute atomic E-state index is 13.4. The molecule has 2 aromatic carbocycles. The second-order valence-electron chi connectivity index (χ2n) is 6.62. The Balaban J connectivity index is 1.69. The van der Waals surface area contributed by atoms with Gasteiger partial charge in [-0.2, -0.15) is 0 Å². The van der Waals surface area contributed by atoms with E-state index in [1.54, 1.807) is 23.1 Å². The standard InChI is InChI=1S/C21H24FNO6/c1-26-14-5-6-15(19(11-14)27-2)21(25)23-9-8-17(16(24)12-23)29-18-7-4-13(22)10-20(18)28-3/h4-7,10-11,16-17,24H,8-9,12H2,1-3H3/t16-,17-/m1/s1. The number of hydrogen-bond donors (Lipinski definition) is 1. The number of rotatable bonds is 6. The fraction of sp³-hybridized carbons (Fsp3) is 0.381. The lowest BCUT2D eigenvalue weighted by atomic mass is 10.0. The van der Waals surface area contributed by atoms with Crippen molar-refractivity contribution in [3.05, 3.63) is 47.8 Å². The van der Waals surface area contributed by atoms with Crippen LogP contribution < -0.4 is 18.9 Å². The number of methoxy groups -OCH3 is 3. The Hall–Kier alpha value is -3.00. The van der Waals surface area contributed by atoms with Crippen LogP contribution in [0.15, 0.2) is 36.4 Å². The van der Waals surface area contributed by atoms with Gasteiger partial charge in [0.15, 0.2) is 11.5 Å². The SMILES string of the molecule is COc1ccc(C(=O)N2CC[C@@H](Oc3ccc(F)cc3OC)[C@H](O)C2)c(OC)c1. The molecule has 2 atom stereocenters. The summed E-state index contributed by atoms with van der Waals surface area (Å²) in [6.45, 7) is 0.488.